The standard InChI is InChI=1S/C22H24N6O2S/c1-16-6-7-18-20(14-16)31-22(23-18)27(9-8-26-10-12-30-13-11-26)21(29)15-28-19-5-3-2-4-17(19)24-25-28/h2-7,14H,8-13,15H2,1H3. The molecule has 2 aromatic heterocycles. The molecule has 2 aromatic carbocycles. The minimum atomic E-state index is -0.0420. The molecule has 0 N–H and O–H groups in total. The number of para-hydroxylation sites is 1. The molecule has 1 amide bonds. The lowest BCUT2D eigenvalue weighted by Crippen LogP contribution is -2.44. The van der Waals surface area contributed by atoms with E-state index >= 15 is 0 Å². The molecule has 0 atom stereocenters. The summed E-state index contributed by atoms with van der Waals surface area (Å²) in [5.41, 5.74) is 3.73. The van der Waals surface area contributed by atoms with E-state index in [1.807, 2.05) is 36.4 Å². The fourth-order valence-corrected chi connectivity index (χ4v) is 4.88. The normalized spacial score (nSPS) is 15.0. The van der Waals surface area contributed by atoms with Gasteiger partial charge in [0.25, 0.3) is 5.91 Å². The smallest absolute Gasteiger partial charge is 0.250 e. The molecule has 0 saturated carbocycles. The van der Waals surface area contributed by atoms with Crippen molar-refractivity contribution in [3.8, 4) is 0 Å². The minimum absolute atomic E-state index is 0.0420. The number of morpholine rings is 1. The van der Waals surface area contributed by atoms with Gasteiger partial charge in [-0.2, -0.15) is 0 Å². The van der Waals surface area contributed by atoms with Crippen LogP contribution in [0.1, 0.15) is 5.56 Å². The second kappa shape index (κ2) is 8.70. The highest BCUT2D eigenvalue weighted by Crippen LogP contribution is 2.30. The molecule has 4 aromatic rings. The van der Waals surface area contributed by atoms with Crippen molar-refractivity contribution in [2.75, 3.05) is 44.3 Å². The molecule has 1 fully saturated rings. The van der Waals surface area contributed by atoms with E-state index < -0.39 is 0 Å². The number of thiazole rings is 1. The van der Waals surface area contributed by atoms with Crippen LogP contribution in [0.2, 0.25) is 0 Å². The molecule has 31 heavy (non-hydrogen) atoms. The zero-order chi connectivity index (χ0) is 21.2. The zero-order valence-electron chi connectivity index (χ0n) is 17.4. The Kier molecular flexibility index (Phi) is 5.63. The van der Waals surface area contributed by atoms with Gasteiger partial charge in [-0.15, -0.1) is 5.10 Å². The van der Waals surface area contributed by atoms with Crippen LogP contribution in [0.3, 0.4) is 0 Å². The van der Waals surface area contributed by atoms with Crippen molar-refractivity contribution >= 4 is 43.6 Å². The SMILES string of the molecule is Cc1ccc2nc(N(CCN3CCOCC3)C(=O)Cn3nnc4ccccc43)sc2c1. The maximum atomic E-state index is 13.4. The van der Waals surface area contributed by atoms with E-state index in [-0.39, 0.29) is 12.5 Å². The Bertz CT molecular complexity index is 1210. The molecule has 0 aliphatic carbocycles. The van der Waals surface area contributed by atoms with Crippen LogP contribution in [-0.4, -0.2) is 70.2 Å². The molecule has 0 bridgehead atoms. The van der Waals surface area contributed by atoms with E-state index in [2.05, 4.69) is 28.2 Å². The number of ether oxygens (including phenoxy) is 1. The van der Waals surface area contributed by atoms with Crippen LogP contribution in [-0.2, 0) is 16.1 Å². The van der Waals surface area contributed by atoms with Gasteiger partial charge in [-0.1, -0.05) is 34.7 Å². The van der Waals surface area contributed by atoms with Gasteiger partial charge in [-0.3, -0.25) is 14.6 Å². The van der Waals surface area contributed by atoms with E-state index in [0.29, 0.717) is 6.54 Å². The van der Waals surface area contributed by atoms with Crippen molar-refractivity contribution in [2.45, 2.75) is 13.5 Å². The maximum Gasteiger partial charge on any atom is 0.250 e. The molecule has 8 nitrogen and oxygen atoms in total. The quantitative estimate of drug-likeness (QED) is 0.463. The number of hydrogen-bond donors (Lipinski definition) is 0. The van der Waals surface area contributed by atoms with Gasteiger partial charge < -0.3 is 4.74 Å². The minimum Gasteiger partial charge on any atom is -0.379 e. The van der Waals surface area contributed by atoms with Crippen LogP contribution in [0.4, 0.5) is 5.13 Å². The second-order valence-corrected chi connectivity index (χ2v) is 8.71. The number of amides is 1. The Morgan fingerprint density at radius 3 is 2.87 bits per heavy atom. The number of anilines is 1. The number of aryl methyl sites for hydroxylation is 1. The van der Waals surface area contributed by atoms with Gasteiger partial charge >= 0.3 is 0 Å². The average molecular weight is 437 g/mol. The van der Waals surface area contributed by atoms with Crippen molar-refractivity contribution in [1.82, 2.24) is 24.9 Å². The summed E-state index contributed by atoms with van der Waals surface area (Å²) in [4.78, 5) is 22.3. The Balaban J connectivity index is 1.42. The molecule has 1 aliphatic rings. The lowest BCUT2D eigenvalue weighted by atomic mass is 10.2. The third kappa shape index (κ3) is 4.30. The third-order valence-corrected chi connectivity index (χ3v) is 6.55. The predicted molar refractivity (Wildman–Crippen MR) is 121 cm³/mol. The fourth-order valence-electron chi connectivity index (χ4n) is 3.78. The van der Waals surface area contributed by atoms with Crippen molar-refractivity contribution in [1.29, 1.82) is 0 Å². The molecule has 0 unspecified atom stereocenters. The van der Waals surface area contributed by atoms with Gasteiger partial charge in [-0.25, -0.2) is 9.67 Å². The molecule has 1 saturated heterocycles. The van der Waals surface area contributed by atoms with Crippen molar-refractivity contribution in [3.63, 3.8) is 0 Å². The number of fused-ring (bicyclic) bond motifs is 2. The summed E-state index contributed by atoms with van der Waals surface area (Å²) in [5, 5.41) is 9.09. The number of rotatable bonds is 6. The predicted octanol–water partition coefficient (Wildman–Crippen LogP) is 2.71. The zero-order valence-corrected chi connectivity index (χ0v) is 18.2. The Labute approximate surface area is 184 Å². The first-order chi connectivity index (χ1) is 15.2. The summed E-state index contributed by atoms with van der Waals surface area (Å²) in [7, 11) is 0. The molecule has 160 valence electrons. The molecular formula is C22H24N6O2S. The molecule has 9 heteroatoms. The average Bonchev–Trinajstić information content (AvgIpc) is 3.38. The number of benzene rings is 2. The van der Waals surface area contributed by atoms with Crippen LogP contribution in [0, 0.1) is 6.92 Å². The van der Waals surface area contributed by atoms with Crippen LogP contribution < -0.4 is 4.90 Å². The van der Waals surface area contributed by atoms with E-state index in [0.717, 1.165) is 59.2 Å². The van der Waals surface area contributed by atoms with Crippen molar-refractivity contribution in [3.05, 3.63) is 48.0 Å². The number of carbonyl (C=O) groups is 1. The molecule has 1 aliphatic heterocycles. The molecular weight excluding hydrogens is 412 g/mol. The van der Waals surface area contributed by atoms with Crippen LogP contribution in [0.25, 0.3) is 21.3 Å². The lowest BCUT2D eigenvalue weighted by molar-refractivity contribution is -0.119. The number of aromatic nitrogens is 4. The van der Waals surface area contributed by atoms with E-state index in [9.17, 15) is 4.79 Å². The second-order valence-electron chi connectivity index (χ2n) is 7.70. The van der Waals surface area contributed by atoms with Gasteiger partial charge in [0, 0.05) is 26.2 Å². The van der Waals surface area contributed by atoms with Gasteiger partial charge in [0.1, 0.15) is 12.1 Å². The first-order valence-electron chi connectivity index (χ1n) is 10.4. The van der Waals surface area contributed by atoms with Crippen molar-refractivity contribution < 1.29 is 9.53 Å². The number of nitrogens with zero attached hydrogens (tertiary/aromatic N) is 6. The number of hydrogen-bond acceptors (Lipinski definition) is 7. The summed E-state index contributed by atoms with van der Waals surface area (Å²) in [5.74, 6) is -0.0420. The van der Waals surface area contributed by atoms with Crippen LogP contribution in [0.15, 0.2) is 42.5 Å². The van der Waals surface area contributed by atoms with E-state index in [1.165, 1.54) is 5.56 Å². The third-order valence-electron chi connectivity index (χ3n) is 5.51. The van der Waals surface area contributed by atoms with E-state index in [4.69, 9.17) is 9.72 Å². The monoisotopic (exact) mass is 436 g/mol. The highest BCUT2D eigenvalue weighted by Gasteiger charge is 2.23. The van der Waals surface area contributed by atoms with Gasteiger partial charge in [0.05, 0.1) is 28.9 Å². The number of carbonyl (C=O) groups excluding carboxylic acids is 1. The Morgan fingerprint density at radius 2 is 2.00 bits per heavy atom. The van der Waals surface area contributed by atoms with Gasteiger partial charge in [-0.05, 0) is 36.8 Å². The Morgan fingerprint density at radius 1 is 1.16 bits per heavy atom. The summed E-state index contributed by atoms with van der Waals surface area (Å²) in [6, 6.07) is 13.9. The maximum absolute atomic E-state index is 13.4. The largest absolute Gasteiger partial charge is 0.379 e. The summed E-state index contributed by atoms with van der Waals surface area (Å²) >= 11 is 1.56. The van der Waals surface area contributed by atoms with Crippen LogP contribution in [0.5, 0.6) is 0 Å². The highest BCUT2D eigenvalue weighted by atomic mass is 32.1. The first kappa shape index (κ1) is 20.0. The van der Waals surface area contributed by atoms with Gasteiger partial charge in [0.2, 0.25) is 0 Å². The fraction of sp³-hybridized carbons (Fsp3) is 0.364. The Hall–Kier alpha value is -2.88. The first-order valence-corrected chi connectivity index (χ1v) is 11.2. The van der Waals surface area contributed by atoms with E-state index in [1.54, 1.807) is 20.9 Å². The molecule has 0 radical (unpaired) electrons. The van der Waals surface area contributed by atoms with Crippen LogP contribution >= 0.6 is 11.3 Å². The molecule has 0 spiro atoms. The molecule has 5 rings (SSSR count). The lowest BCUT2D eigenvalue weighted by Gasteiger charge is -2.29. The summed E-state index contributed by atoms with van der Waals surface area (Å²) in [6.07, 6.45) is 0. The summed E-state index contributed by atoms with van der Waals surface area (Å²) < 4.78 is 8.20. The summed E-state index contributed by atoms with van der Waals surface area (Å²) in [6.45, 7) is 6.78. The topological polar surface area (TPSA) is 76.4 Å². The van der Waals surface area contributed by atoms with Crippen molar-refractivity contribution in [2.24, 2.45) is 0 Å². The highest BCUT2D eigenvalue weighted by molar-refractivity contribution is 7.22. The molecule has 3 heterocycles. The van der Waals surface area contributed by atoms with Gasteiger partial charge in [0.15, 0.2) is 5.13 Å².